The molecule has 2 unspecified atom stereocenters. The van der Waals surface area contributed by atoms with Crippen molar-refractivity contribution in [1.29, 1.82) is 0 Å². The number of hydrogen-bond acceptors (Lipinski definition) is 2. The molecule has 0 aliphatic heterocycles. The van der Waals surface area contributed by atoms with Crippen molar-refractivity contribution in [3.63, 3.8) is 0 Å². The maximum absolute atomic E-state index is 11.4. The maximum atomic E-state index is 11.4. The molecule has 0 spiro atoms. The molecule has 1 rings (SSSR count). The van der Waals surface area contributed by atoms with Gasteiger partial charge in [-0.05, 0) is 52.4 Å². The summed E-state index contributed by atoms with van der Waals surface area (Å²) in [5.74, 6) is -0.111. The molecule has 1 fully saturated rings. The monoisotopic (exact) mass is 228 g/mol. The first-order chi connectivity index (χ1) is 7.25. The SMILES string of the molecule is CC1CCC(CCOC(C)(C)C)(C(=O)O)C1. The van der Waals surface area contributed by atoms with Gasteiger partial charge in [0.15, 0.2) is 0 Å². The molecule has 1 aliphatic rings. The minimum atomic E-state index is -0.644. The van der Waals surface area contributed by atoms with Crippen molar-refractivity contribution in [2.75, 3.05) is 6.61 Å². The smallest absolute Gasteiger partial charge is 0.309 e. The second kappa shape index (κ2) is 4.74. The zero-order chi connectivity index (χ0) is 12.4. The summed E-state index contributed by atoms with van der Waals surface area (Å²) in [6.45, 7) is 8.67. The van der Waals surface area contributed by atoms with Gasteiger partial charge in [-0.1, -0.05) is 6.92 Å². The number of rotatable bonds is 4. The van der Waals surface area contributed by atoms with Crippen LogP contribution >= 0.6 is 0 Å². The largest absolute Gasteiger partial charge is 0.481 e. The highest BCUT2D eigenvalue weighted by Gasteiger charge is 2.43. The fourth-order valence-corrected chi connectivity index (χ4v) is 2.47. The third-order valence-corrected chi connectivity index (χ3v) is 3.42. The normalized spacial score (nSPS) is 30.6. The molecule has 0 heterocycles. The van der Waals surface area contributed by atoms with E-state index in [4.69, 9.17) is 4.74 Å². The van der Waals surface area contributed by atoms with Crippen molar-refractivity contribution in [3.05, 3.63) is 0 Å². The van der Waals surface area contributed by atoms with E-state index >= 15 is 0 Å². The maximum Gasteiger partial charge on any atom is 0.309 e. The van der Waals surface area contributed by atoms with Crippen molar-refractivity contribution < 1.29 is 14.6 Å². The molecule has 0 radical (unpaired) electrons. The third-order valence-electron chi connectivity index (χ3n) is 3.42. The van der Waals surface area contributed by atoms with Crippen molar-refractivity contribution >= 4 is 5.97 Å². The van der Waals surface area contributed by atoms with Gasteiger partial charge in [-0.2, -0.15) is 0 Å². The first-order valence-corrected chi connectivity index (χ1v) is 6.13. The van der Waals surface area contributed by atoms with Gasteiger partial charge in [-0.15, -0.1) is 0 Å². The summed E-state index contributed by atoms with van der Waals surface area (Å²) in [5.41, 5.74) is -0.700. The molecule has 2 atom stereocenters. The van der Waals surface area contributed by atoms with Crippen LogP contribution in [0, 0.1) is 11.3 Å². The molecule has 1 saturated carbocycles. The molecule has 16 heavy (non-hydrogen) atoms. The van der Waals surface area contributed by atoms with Crippen molar-refractivity contribution in [2.24, 2.45) is 11.3 Å². The van der Waals surface area contributed by atoms with Gasteiger partial charge in [0.25, 0.3) is 0 Å². The lowest BCUT2D eigenvalue weighted by atomic mass is 9.82. The highest BCUT2D eigenvalue weighted by Crippen LogP contribution is 2.44. The fourth-order valence-electron chi connectivity index (χ4n) is 2.47. The summed E-state index contributed by atoms with van der Waals surface area (Å²) in [4.78, 5) is 11.4. The van der Waals surface area contributed by atoms with Crippen LogP contribution in [0.25, 0.3) is 0 Å². The molecule has 94 valence electrons. The molecular formula is C13H24O3. The second-order valence-corrected chi connectivity index (χ2v) is 6.14. The number of carboxylic acid groups (broad SMARTS) is 1. The number of hydrogen-bond donors (Lipinski definition) is 1. The van der Waals surface area contributed by atoms with E-state index in [1.165, 1.54) is 0 Å². The van der Waals surface area contributed by atoms with E-state index < -0.39 is 11.4 Å². The van der Waals surface area contributed by atoms with Crippen molar-refractivity contribution in [3.8, 4) is 0 Å². The summed E-state index contributed by atoms with van der Waals surface area (Å²) < 4.78 is 5.64. The van der Waals surface area contributed by atoms with Crippen LogP contribution in [0.1, 0.15) is 53.4 Å². The van der Waals surface area contributed by atoms with E-state index in [0.717, 1.165) is 19.3 Å². The number of aliphatic carboxylic acids is 1. The van der Waals surface area contributed by atoms with E-state index in [2.05, 4.69) is 6.92 Å². The Bertz CT molecular complexity index is 254. The Balaban J connectivity index is 2.51. The van der Waals surface area contributed by atoms with Crippen molar-refractivity contribution in [1.82, 2.24) is 0 Å². The second-order valence-electron chi connectivity index (χ2n) is 6.14. The Morgan fingerprint density at radius 1 is 1.50 bits per heavy atom. The van der Waals surface area contributed by atoms with Crippen LogP contribution in [0.15, 0.2) is 0 Å². The highest BCUT2D eigenvalue weighted by atomic mass is 16.5. The van der Waals surface area contributed by atoms with Crippen LogP contribution in [0.4, 0.5) is 0 Å². The third kappa shape index (κ3) is 3.48. The summed E-state index contributed by atoms with van der Waals surface area (Å²) >= 11 is 0. The highest BCUT2D eigenvalue weighted by molar-refractivity contribution is 5.75. The average molecular weight is 228 g/mol. The Morgan fingerprint density at radius 3 is 2.50 bits per heavy atom. The van der Waals surface area contributed by atoms with E-state index in [1.807, 2.05) is 20.8 Å². The van der Waals surface area contributed by atoms with Crippen LogP contribution in [-0.4, -0.2) is 23.3 Å². The minimum absolute atomic E-state index is 0.177. The van der Waals surface area contributed by atoms with E-state index in [-0.39, 0.29) is 5.60 Å². The van der Waals surface area contributed by atoms with Gasteiger partial charge in [0, 0.05) is 6.61 Å². The van der Waals surface area contributed by atoms with Crippen LogP contribution in [0.5, 0.6) is 0 Å². The molecule has 3 heteroatoms. The molecule has 3 nitrogen and oxygen atoms in total. The van der Waals surface area contributed by atoms with Crippen LogP contribution in [0.3, 0.4) is 0 Å². The lowest BCUT2D eigenvalue weighted by molar-refractivity contribution is -0.151. The lowest BCUT2D eigenvalue weighted by Crippen LogP contribution is -2.31. The molecule has 1 N–H and O–H groups in total. The molecule has 0 amide bonds. The fraction of sp³-hybridized carbons (Fsp3) is 0.923. The zero-order valence-electron chi connectivity index (χ0n) is 10.9. The van der Waals surface area contributed by atoms with E-state index in [0.29, 0.717) is 18.9 Å². The Kier molecular flexibility index (Phi) is 4.00. The molecule has 0 aromatic heterocycles. The van der Waals surface area contributed by atoms with Gasteiger partial charge in [-0.3, -0.25) is 4.79 Å². The summed E-state index contributed by atoms with van der Waals surface area (Å²) in [6, 6.07) is 0. The first kappa shape index (κ1) is 13.5. The van der Waals surface area contributed by atoms with Gasteiger partial charge < -0.3 is 9.84 Å². The Labute approximate surface area is 98.2 Å². The number of carboxylic acids is 1. The Hall–Kier alpha value is -0.570. The summed E-state index contributed by atoms with van der Waals surface area (Å²) in [7, 11) is 0. The van der Waals surface area contributed by atoms with E-state index in [9.17, 15) is 9.90 Å². The number of carbonyl (C=O) groups is 1. The molecular weight excluding hydrogens is 204 g/mol. The molecule has 0 aromatic carbocycles. The van der Waals surface area contributed by atoms with Gasteiger partial charge >= 0.3 is 5.97 Å². The molecule has 0 saturated heterocycles. The Morgan fingerprint density at radius 2 is 2.12 bits per heavy atom. The summed E-state index contributed by atoms with van der Waals surface area (Å²) in [6.07, 6.45) is 3.28. The van der Waals surface area contributed by atoms with Gasteiger partial charge in [-0.25, -0.2) is 0 Å². The predicted molar refractivity (Wildman–Crippen MR) is 63.4 cm³/mol. The first-order valence-electron chi connectivity index (χ1n) is 6.13. The number of ether oxygens (including phenoxy) is 1. The van der Waals surface area contributed by atoms with Gasteiger partial charge in [0.2, 0.25) is 0 Å². The van der Waals surface area contributed by atoms with Crippen LogP contribution < -0.4 is 0 Å². The van der Waals surface area contributed by atoms with Gasteiger partial charge in [0.05, 0.1) is 11.0 Å². The topological polar surface area (TPSA) is 46.5 Å². The standard InChI is InChI=1S/C13H24O3/c1-10-5-6-13(9-10,11(14)15)7-8-16-12(2,3)4/h10H,5-9H2,1-4H3,(H,14,15). The van der Waals surface area contributed by atoms with E-state index in [1.54, 1.807) is 0 Å². The van der Waals surface area contributed by atoms with Crippen LogP contribution in [0.2, 0.25) is 0 Å². The molecule has 1 aliphatic carbocycles. The quantitative estimate of drug-likeness (QED) is 0.804. The average Bonchev–Trinajstić information content (AvgIpc) is 2.46. The lowest BCUT2D eigenvalue weighted by Gasteiger charge is -2.27. The minimum Gasteiger partial charge on any atom is -0.481 e. The zero-order valence-corrected chi connectivity index (χ0v) is 10.9. The van der Waals surface area contributed by atoms with Crippen molar-refractivity contribution in [2.45, 2.75) is 59.0 Å². The predicted octanol–water partition coefficient (Wildman–Crippen LogP) is 3.08. The molecule has 0 aromatic rings. The van der Waals surface area contributed by atoms with Crippen LogP contribution in [-0.2, 0) is 9.53 Å². The van der Waals surface area contributed by atoms with Gasteiger partial charge in [0.1, 0.15) is 0 Å². The summed E-state index contributed by atoms with van der Waals surface area (Å²) in [5, 5.41) is 9.36. The molecule has 0 bridgehead atoms.